The molecule has 2 N–H and O–H groups in total. The standard InChI is InChI=1S/C20H13BrFNO3S/c21-12-3-1-2-11(8-12)14-9-15(24)23-17-16(10-4-6-13(22)7-5-10)19(20(25)26)27-18(14)17/h1-8,14H,9H2,(H,23,24)(H,25,26)/t14-/m0/s1. The lowest BCUT2D eigenvalue weighted by molar-refractivity contribution is -0.116. The molecule has 4 nitrogen and oxygen atoms in total. The molecule has 4 rings (SSSR count). The first kappa shape index (κ1) is 17.9. The van der Waals surface area contributed by atoms with Gasteiger partial charge in [-0.1, -0.05) is 40.2 Å². The van der Waals surface area contributed by atoms with Gasteiger partial charge in [0.1, 0.15) is 10.7 Å². The van der Waals surface area contributed by atoms with Gasteiger partial charge in [-0.15, -0.1) is 11.3 Å². The highest BCUT2D eigenvalue weighted by Gasteiger charge is 2.34. The summed E-state index contributed by atoms with van der Waals surface area (Å²) in [4.78, 5) is 25.2. The molecule has 3 aromatic rings. The van der Waals surface area contributed by atoms with Crippen molar-refractivity contribution in [2.45, 2.75) is 12.3 Å². The molecule has 1 aromatic heterocycles. The summed E-state index contributed by atoms with van der Waals surface area (Å²) in [7, 11) is 0. The van der Waals surface area contributed by atoms with E-state index in [1.165, 1.54) is 24.3 Å². The van der Waals surface area contributed by atoms with Crippen LogP contribution in [0.5, 0.6) is 0 Å². The number of fused-ring (bicyclic) bond motifs is 1. The predicted octanol–water partition coefficient (Wildman–Crippen LogP) is 5.49. The highest BCUT2D eigenvalue weighted by molar-refractivity contribution is 9.10. The maximum absolute atomic E-state index is 13.3. The number of anilines is 1. The fraction of sp³-hybridized carbons (Fsp3) is 0.100. The molecular weight excluding hydrogens is 433 g/mol. The van der Waals surface area contributed by atoms with E-state index in [2.05, 4.69) is 21.2 Å². The fourth-order valence-corrected chi connectivity index (χ4v) is 4.98. The molecule has 0 saturated carbocycles. The van der Waals surface area contributed by atoms with Gasteiger partial charge in [0, 0.05) is 27.3 Å². The van der Waals surface area contributed by atoms with Gasteiger partial charge in [0.2, 0.25) is 5.91 Å². The molecule has 0 bridgehead atoms. The van der Waals surface area contributed by atoms with Gasteiger partial charge >= 0.3 is 5.97 Å². The SMILES string of the molecule is O=C1C[C@@H](c2cccc(Br)c2)c2sc(C(=O)O)c(-c3ccc(F)cc3)c2N1. The molecule has 0 radical (unpaired) electrons. The lowest BCUT2D eigenvalue weighted by Crippen LogP contribution is -2.22. The second-order valence-electron chi connectivity index (χ2n) is 6.22. The van der Waals surface area contributed by atoms with Crippen molar-refractivity contribution in [3.63, 3.8) is 0 Å². The van der Waals surface area contributed by atoms with E-state index >= 15 is 0 Å². The van der Waals surface area contributed by atoms with Gasteiger partial charge in [0.15, 0.2) is 0 Å². The number of rotatable bonds is 3. The largest absolute Gasteiger partial charge is 0.477 e. The first-order valence-electron chi connectivity index (χ1n) is 8.15. The van der Waals surface area contributed by atoms with Gasteiger partial charge in [-0.3, -0.25) is 4.79 Å². The molecule has 7 heteroatoms. The van der Waals surface area contributed by atoms with Gasteiger partial charge in [-0.2, -0.15) is 0 Å². The Morgan fingerprint density at radius 3 is 2.63 bits per heavy atom. The molecule has 0 fully saturated rings. The minimum atomic E-state index is -1.07. The lowest BCUT2D eigenvalue weighted by Gasteiger charge is -2.24. The van der Waals surface area contributed by atoms with E-state index < -0.39 is 11.8 Å². The normalized spacial score (nSPS) is 15.9. The van der Waals surface area contributed by atoms with E-state index in [1.807, 2.05) is 24.3 Å². The number of carbonyl (C=O) groups excluding carboxylic acids is 1. The fourth-order valence-electron chi connectivity index (χ4n) is 3.32. The number of halogens is 2. The zero-order chi connectivity index (χ0) is 19.1. The summed E-state index contributed by atoms with van der Waals surface area (Å²) in [5, 5.41) is 12.5. The highest BCUT2D eigenvalue weighted by atomic mass is 79.9. The quantitative estimate of drug-likeness (QED) is 0.559. The molecule has 27 heavy (non-hydrogen) atoms. The number of carboxylic acids is 1. The van der Waals surface area contributed by atoms with Gasteiger partial charge in [-0.25, -0.2) is 9.18 Å². The molecule has 2 heterocycles. The Morgan fingerprint density at radius 1 is 1.22 bits per heavy atom. The molecule has 0 aliphatic carbocycles. The third-order valence-electron chi connectivity index (χ3n) is 4.48. The van der Waals surface area contributed by atoms with E-state index in [0.29, 0.717) is 16.8 Å². The minimum Gasteiger partial charge on any atom is -0.477 e. The van der Waals surface area contributed by atoms with Crippen LogP contribution in [-0.4, -0.2) is 17.0 Å². The number of carboxylic acid groups (broad SMARTS) is 1. The Labute approximate surface area is 166 Å². The Morgan fingerprint density at radius 2 is 1.96 bits per heavy atom. The summed E-state index contributed by atoms with van der Waals surface area (Å²) in [6.07, 6.45) is 0.242. The third kappa shape index (κ3) is 3.28. The molecule has 2 aromatic carbocycles. The van der Waals surface area contributed by atoms with Crippen molar-refractivity contribution in [3.8, 4) is 11.1 Å². The Kier molecular flexibility index (Phi) is 4.57. The zero-order valence-corrected chi connectivity index (χ0v) is 16.2. The summed E-state index contributed by atoms with van der Waals surface area (Å²) in [5.41, 5.74) is 2.42. The second-order valence-corrected chi connectivity index (χ2v) is 8.19. The number of amides is 1. The first-order chi connectivity index (χ1) is 12.9. The summed E-state index contributed by atoms with van der Waals surface area (Å²) in [5.74, 6) is -1.89. The molecule has 0 spiro atoms. The van der Waals surface area contributed by atoms with Crippen LogP contribution in [0.25, 0.3) is 11.1 Å². The van der Waals surface area contributed by atoms with Crippen molar-refractivity contribution in [1.29, 1.82) is 0 Å². The van der Waals surface area contributed by atoms with Crippen LogP contribution in [0.15, 0.2) is 53.0 Å². The van der Waals surface area contributed by atoms with Crippen molar-refractivity contribution in [3.05, 3.63) is 74.1 Å². The zero-order valence-electron chi connectivity index (χ0n) is 13.8. The van der Waals surface area contributed by atoms with Crippen LogP contribution in [0.4, 0.5) is 10.1 Å². The highest BCUT2D eigenvalue weighted by Crippen LogP contribution is 2.49. The lowest BCUT2D eigenvalue weighted by atomic mass is 9.89. The number of nitrogens with one attached hydrogen (secondary N) is 1. The summed E-state index contributed by atoms with van der Waals surface area (Å²) in [6.45, 7) is 0. The van der Waals surface area contributed by atoms with Crippen LogP contribution in [0, 0.1) is 5.82 Å². The molecule has 136 valence electrons. The van der Waals surface area contributed by atoms with Crippen LogP contribution in [0.2, 0.25) is 0 Å². The minimum absolute atomic E-state index is 0.133. The van der Waals surface area contributed by atoms with Gasteiger partial charge in [0.25, 0.3) is 0 Å². The monoisotopic (exact) mass is 445 g/mol. The van der Waals surface area contributed by atoms with Gasteiger partial charge in [-0.05, 0) is 35.4 Å². The molecular formula is C20H13BrFNO3S. The first-order valence-corrected chi connectivity index (χ1v) is 9.76. The summed E-state index contributed by atoms with van der Waals surface area (Å²) < 4.78 is 14.2. The van der Waals surface area contributed by atoms with Crippen molar-refractivity contribution in [1.82, 2.24) is 0 Å². The number of hydrogen-bond acceptors (Lipinski definition) is 3. The predicted molar refractivity (Wildman–Crippen MR) is 106 cm³/mol. The average molecular weight is 446 g/mol. The van der Waals surface area contributed by atoms with Crippen molar-refractivity contribution in [2.24, 2.45) is 0 Å². The average Bonchev–Trinajstić information content (AvgIpc) is 3.01. The van der Waals surface area contributed by atoms with E-state index in [9.17, 15) is 19.1 Å². The summed E-state index contributed by atoms with van der Waals surface area (Å²) >= 11 is 4.60. The van der Waals surface area contributed by atoms with Crippen molar-refractivity contribution in [2.75, 3.05) is 5.32 Å². The molecule has 0 saturated heterocycles. The number of thiophene rings is 1. The Balaban J connectivity index is 1.94. The molecule has 1 aliphatic heterocycles. The second kappa shape index (κ2) is 6.90. The molecule has 1 atom stereocenters. The van der Waals surface area contributed by atoms with Crippen LogP contribution in [-0.2, 0) is 4.79 Å². The Hall–Kier alpha value is -2.51. The van der Waals surface area contributed by atoms with Crippen LogP contribution >= 0.6 is 27.3 Å². The number of aromatic carboxylic acids is 1. The number of carbonyl (C=O) groups is 2. The number of benzene rings is 2. The van der Waals surface area contributed by atoms with Crippen LogP contribution in [0.3, 0.4) is 0 Å². The molecule has 1 aliphatic rings. The van der Waals surface area contributed by atoms with E-state index in [0.717, 1.165) is 26.3 Å². The smallest absolute Gasteiger partial charge is 0.346 e. The third-order valence-corrected chi connectivity index (χ3v) is 6.27. The van der Waals surface area contributed by atoms with E-state index in [-0.39, 0.29) is 23.1 Å². The molecule has 1 amide bonds. The molecule has 0 unspecified atom stereocenters. The van der Waals surface area contributed by atoms with Gasteiger partial charge in [0.05, 0.1) is 5.69 Å². The van der Waals surface area contributed by atoms with E-state index in [4.69, 9.17) is 0 Å². The van der Waals surface area contributed by atoms with Gasteiger partial charge < -0.3 is 10.4 Å². The van der Waals surface area contributed by atoms with Crippen LogP contribution < -0.4 is 5.32 Å². The van der Waals surface area contributed by atoms with Crippen molar-refractivity contribution >= 4 is 44.8 Å². The Bertz CT molecular complexity index is 1060. The van der Waals surface area contributed by atoms with E-state index in [1.54, 1.807) is 0 Å². The topological polar surface area (TPSA) is 66.4 Å². The maximum Gasteiger partial charge on any atom is 0.346 e. The summed E-state index contributed by atoms with van der Waals surface area (Å²) in [6, 6.07) is 13.3. The maximum atomic E-state index is 13.3. The number of hydrogen-bond donors (Lipinski definition) is 2. The van der Waals surface area contributed by atoms with Crippen molar-refractivity contribution < 1.29 is 19.1 Å². The van der Waals surface area contributed by atoms with Crippen LogP contribution in [0.1, 0.15) is 32.5 Å².